The first-order chi connectivity index (χ1) is 13.7. The van der Waals surface area contributed by atoms with E-state index in [1.807, 2.05) is 0 Å². The lowest BCUT2D eigenvalue weighted by Gasteiger charge is -2.18. The zero-order valence-electron chi connectivity index (χ0n) is 15.0. The zero-order chi connectivity index (χ0) is 21.2. The summed E-state index contributed by atoms with van der Waals surface area (Å²) in [6.45, 7) is 0. The predicted octanol–water partition coefficient (Wildman–Crippen LogP) is 4.40. The van der Waals surface area contributed by atoms with Crippen molar-refractivity contribution >= 4 is 5.78 Å². The van der Waals surface area contributed by atoms with Gasteiger partial charge in [0.2, 0.25) is 0 Å². The number of aryl methyl sites for hydroxylation is 1. The summed E-state index contributed by atoms with van der Waals surface area (Å²) in [5.41, 5.74) is -0.0730. The van der Waals surface area contributed by atoms with Crippen molar-refractivity contribution in [2.24, 2.45) is 7.05 Å². The van der Waals surface area contributed by atoms with Crippen LogP contribution >= 0.6 is 0 Å². The molecule has 1 aromatic carbocycles. The molecule has 0 amide bonds. The minimum Gasteiger partial charge on any atom is -0.403 e. The molecule has 0 aliphatic heterocycles. The summed E-state index contributed by atoms with van der Waals surface area (Å²) < 4.78 is 70.7. The van der Waals surface area contributed by atoms with Gasteiger partial charge in [-0.25, -0.2) is 13.8 Å². The van der Waals surface area contributed by atoms with Crippen molar-refractivity contribution in [1.29, 1.82) is 0 Å². The normalized spacial score (nSPS) is 12.6. The maximum Gasteiger partial charge on any atom is 0.573 e. The number of rotatable bonds is 6. The fourth-order valence-electron chi connectivity index (χ4n) is 2.88. The molecule has 0 radical (unpaired) electrons. The number of hydrogen-bond donors (Lipinski definition) is 0. The van der Waals surface area contributed by atoms with Gasteiger partial charge in [0.25, 0.3) is 0 Å². The minimum atomic E-state index is -5.07. The number of ketones is 1. The molecule has 1 atom stereocenters. The number of pyridine rings is 1. The number of benzene rings is 1. The largest absolute Gasteiger partial charge is 0.573 e. The van der Waals surface area contributed by atoms with E-state index in [1.165, 1.54) is 23.0 Å². The second-order valence-electron chi connectivity index (χ2n) is 6.15. The van der Waals surface area contributed by atoms with Gasteiger partial charge >= 0.3 is 6.36 Å². The number of nitrogens with zero attached hydrogens (tertiary/aromatic N) is 3. The van der Waals surface area contributed by atoms with Crippen molar-refractivity contribution in [3.8, 4) is 5.75 Å². The van der Waals surface area contributed by atoms with Gasteiger partial charge in [-0.2, -0.15) is 0 Å². The number of halogens is 5. The molecule has 0 saturated heterocycles. The van der Waals surface area contributed by atoms with Crippen molar-refractivity contribution in [2.45, 2.75) is 18.7 Å². The number of alkyl halides is 3. The molecule has 2 heterocycles. The maximum atomic E-state index is 14.3. The molecule has 3 rings (SSSR count). The first-order valence-electron chi connectivity index (χ1n) is 8.32. The second-order valence-corrected chi connectivity index (χ2v) is 6.15. The Kier molecular flexibility index (Phi) is 5.62. The van der Waals surface area contributed by atoms with Crippen LogP contribution in [0.4, 0.5) is 22.0 Å². The van der Waals surface area contributed by atoms with Crippen LogP contribution < -0.4 is 4.74 Å². The van der Waals surface area contributed by atoms with Crippen molar-refractivity contribution in [3.05, 3.63) is 77.6 Å². The van der Waals surface area contributed by atoms with Crippen LogP contribution in [0.1, 0.15) is 34.2 Å². The Morgan fingerprint density at radius 1 is 1.14 bits per heavy atom. The van der Waals surface area contributed by atoms with Crippen molar-refractivity contribution in [2.75, 3.05) is 0 Å². The lowest BCUT2D eigenvalue weighted by molar-refractivity contribution is -0.275. The highest BCUT2D eigenvalue weighted by Gasteiger charge is 2.33. The van der Waals surface area contributed by atoms with Crippen LogP contribution in [-0.4, -0.2) is 26.7 Å². The van der Waals surface area contributed by atoms with Crippen LogP contribution in [-0.2, 0) is 7.05 Å². The number of ether oxygens (including phenoxy) is 1. The zero-order valence-corrected chi connectivity index (χ0v) is 15.0. The molecule has 0 bridgehead atoms. The van der Waals surface area contributed by atoms with Gasteiger partial charge in [0, 0.05) is 38.0 Å². The Morgan fingerprint density at radius 2 is 1.90 bits per heavy atom. The first-order valence-corrected chi connectivity index (χ1v) is 8.32. The fraction of sp³-hybridized carbons (Fsp3) is 0.211. The Hall–Kier alpha value is -3.30. The summed E-state index contributed by atoms with van der Waals surface area (Å²) >= 11 is 0. The van der Waals surface area contributed by atoms with Gasteiger partial charge in [0.05, 0.1) is 5.69 Å². The molecule has 3 aromatic rings. The lowest BCUT2D eigenvalue weighted by Crippen LogP contribution is -2.18. The molecule has 152 valence electrons. The van der Waals surface area contributed by atoms with Crippen molar-refractivity contribution in [3.63, 3.8) is 0 Å². The monoisotopic (exact) mass is 411 g/mol. The molecule has 10 heteroatoms. The van der Waals surface area contributed by atoms with Gasteiger partial charge in [0.1, 0.15) is 5.82 Å². The minimum absolute atomic E-state index is 0.0668. The molecule has 0 aliphatic carbocycles. The molecule has 0 fully saturated rings. The molecule has 5 nitrogen and oxygen atoms in total. The highest BCUT2D eigenvalue weighted by Crippen LogP contribution is 2.33. The van der Waals surface area contributed by atoms with Crippen LogP contribution in [0.2, 0.25) is 0 Å². The highest BCUT2D eigenvalue weighted by molar-refractivity contribution is 5.93. The van der Waals surface area contributed by atoms with Crippen molar-refractivity contribution < 1.29 is 31.5 Å². The van der Waals surface area contributed by atoms with E-state index in [2.05, 4.69) is 14.7 Å². The fourth-order valence-corrected chi connectivity index (χ4v) is 2.88. The predicted molar refractivity (Wildman–Crippen MR) is 91.3 cm³/mol. The number of carbonyl (C=O) groups is 1. The standard InChI is InChI=1S/C19H14F5N3O2/c1-27-8-7-26-18(27)15(28)10-12(17-13(20)3-2-6-25-17)11-4-5-16(14(21)9-11)29-19(22,23)24/h2-9,12H,10H2,1H3/t12-/m0/s1. The SMILES string of the molecule is Cn1ccnc1C(=O)C[C@@H](c1ccc(OC(F)(F)F)c(F)c1)c1ncccc1F. The third kappa shape index (κ3) is 4.76. The van der Waals surface area contributed by atoms with Crippen LogP contribution in [0.25, 0.3) is 0 Å². The summed E-state index contributed by atoms with van der Waals surface area (Å²) in [5.74, 6) is -4.48. The number of carbonyl (C=O) groups excluding carboxylic acids is 1. The van der Waals surface area contributed by atoms with Crippen LogP contribution in [0, 0.1) is 11.6 Å². The molecule has 0 aliphatic rings. The van der Waals surface area contributed by atoms with E-state index < -0.39 is 35.4 Å². The molecule has 0 saturated carbocycles. The number of Topliss-reactive ketones (excluding diaryl/α,β-unsaturated/α-hetero) is 1. The average molecular weight is 411 g/mol. The van der Waals surface area contributed by atoms with E-state index in [4.69, 9.17) is 0 Å². The lowest BCUT2D eigenvalue weighted by atomic mass is 9.89. The molecule has 2 aromatic heterocycles. The van der Waals surface area contributed by atoms with Gasteiger partial charge in [0.15, 0.2) is 23.2 Å². The Labute approximate surface area is 161 Å². The molecule has 29 heavy (non-hydrogen) atoms. The number of aromatic nitrogens is 3. The molecule has 0 spiro atoms. The number of hydrogen-bond acceptors (Lipinski definition) is 4. The summed E-state index contributed by atoms with van der Waals surface area (Å²) in [6, 6.07) is 5.15. The molecule has 0 N–H and O–H groups in total. The van der Waals surface area contributed by atoms with E-state index in [9.17, 15) is 26.7 Å². The molecule has 0 unspecified atom stereocenters. The first kappa shape index (κ1) is 20.4. The van der Waals surface area contributed by atoms with Gasteiger partial charge in [-0.1, -0.05) is 6.07 Å². The van der Waals surface area contributed by atoms with Gasteiger partial charge in [-0.15, -0.1) is 13.2 Å². The summed E-state index contributed by atoms with van der Waals surface area (Å²) in [6.07, 6.45) is -1.13. The van der Waals surface area contributed by atoms with Gasteiger partial charge < -0.3 is 9.30 Å². The van der Waals surface area contributed by atoms with E-state index >= 15 is 0 Å². The summed E-state index contributed by atoms with van der Waals surface area (Å²) in [4.78, 5) is 20.5. The van der Waals surface area contributed by atoms with Crippen LogP contribution in [0.5, 0.6) is 5.75 Å². The highest BCUT2D eigenvalue weighted by atomic mass is 19.4. The molecular formula is C19H14F5N3O2. The third-order valence-electron chi connectivity index (χ3n) is 4.16. The Morgan fingerprint density at radius 3 is 2.48 bits per heavy atom. The van der Waals surface area contributed by atoms with E-state index in [-0.39, 0.29) is 23.5 Å². The third-order valence-corrected chi connectivity index (χ3v) is 4.16. The summed E-state index contributed by atoms with van der Waals surface area (Å²) in [7, 11) is 1.60. The molecular weight excluding hydrogens is 397 g/mol. The Balaban J connectivity index is 2.00. The topological polar surface area (TPSA) is 57.0 Å². The van der Waals surface area contributed by atoms with Crippen LogP contribution in [0.15, 0.2) is 48.9 Å². The average Bonchev–Trinajstić information content (AvgIpc) is 3.07. The Bertz CT molecular complexity index is 1030. The van der Waals surface area contributed by atoms with E-state index in [1.54, 1.807) is 13.2 Å². The summed E-state index contributed by atoms with van der Waals surface area (Å²) in [5, 5.41) is 0. The van der Waals surface area contributed by atoms with Crippen molar-refractivity contribution in [1.82, 2.24) is 14.5 Å². The second kappa shape index (κ2) is 7.98. The van der Waals surface area contributed by atoms with E-state index in [0.717, 1.165) is 24.3 Å². The maximum absolute atomic E-state index is 14.3. The van der Waals surface area contributed by atoms with Crippen LogP contribution in [0.3, 0.4) is 0 Å². The van der Waals surface area contributed by atoms with Gasteiger partial charge in [-0.3, -0.25) is 9.78 Å². The quantitative estimate of drug-likeness (QED) is 0.446. The van der Waals surface area contributed by atoms with E-state index in [0.29, 0.717) is 0 Å². The number of imidazole rings is 1. The smallest absolute Gasteiger partial charge is 0.403 e. The van der Waals surface area contributed by atoms with Gasteiger partial charge in [-0.05, 0) is 29.8 Å².